The molecule has 0 radical (unpaired) electrons. The number of carbonyl (C=O) groups excluding carboxylic acids is 1. The van der Waals surface area contributed by atoms with Gasteiger partial charge in [0.05, 0.1) is 28.2 Å². The van der Waals surface area contributed by atoms with E-state index in [0.29, 0.717) is 33.6 Å². The van der Waals surface area contributed by atoms with Gasteiger partial charge in [-0.05, 0) is 68.4 Å². The molecule has 2 N–H and O–H groups in total. The van der Waals surface area contributed by atoms with E-state index in [4.69, 9.17) is 0 Å². The van der Waals surface area contributed by atoms with Gasteiger partial charge in [0, 0.05) is 69.0 Å². The molecule has 3 fully saturated rings. The maximum atomic E-state index is 13.9. The van der Waals surface area contributed by atoms with E-state index in [9.17, 15) is 22.0 Å². The van der Waals surface area contributed by atoms with Crippen molar-refractivity contribution in [1.82, 2.24) is 9.78 Å². The van der Waals surface area contributed by atoms with Crippen LogP contribution in [0.5, 0.6) is 0 Å². The summed E-state index contributed by atoms with van der Waals surface area (Å²) in [6.45, 7) is 3.60. The Hall–Kier alpha value is -3.41. The minimum Gasteiger partial charge on any atom is -0.371 e. The largest absolute Gasteiger partial charge is 0.371 e. The molecule has 12 heteroatoms. The third-order valence-electron chi connectivity index (χ3n) is 8.83. The lowest BCUT2D eigenvalue weighted by atomic mass is 9.93. The van der Waals surface area contributed by atoms with E-state index in [1.54, 1.807) is 42.9 Å². The van der Waals surface area contributed by atoms with Crippen molar-refractivity contribution in [3.05, 3.63) is 42.1 Å². The molecule has 3 aromatic rings. The van der Waals surface area contributed by atoms with E-state index < -0.39 is 15.9 Å². The third kappa shape index (κ3) is 5.84. The first kappa shape index (κ1) is 27.7. The van der Waals surface area contributed by atoms with Crippen LogP contribution in [-0.2, 0) is 17.1 Å². The standard InChI is InChI=1S/C29H36F2N6O3S/c1-3-41(39,40)34-20-4-5-22(25(17-20)36-12-8-28(6-7-28)9-13-36)27(38)32-21-16-24-23(19-35(2)33-24)26(18-21)37-14-10-29(30,31)11-15-37/h4-5,16-19,34H,3,6-15H2,1-2H3,(H,32,38). The number of nitrogens with one attached hydrogen (secondary N) is 2. The van der Waals surface area contributed by atoms with Gasteiger partial charge < -0.3 is 15.1 Å². The van der Waals surface area contributed by atoms with Crippen molar-refractivity contribution >= 4 is 49.6 Å². The normalized spacial score (nSPS) is 19.9. The average molecular weight is 587 g/mol. The number of aryl methyl sites for hydroxylation is 1. The number of benzene rings is 2. The van der Waals surface area contributed by atoms with Gasteiger partial charge in [0.1, 0.15) is 0 Å². The van der Waals surface area contributed by atoms with Crippen LogP contribution in [0.3, 0.4) is 0 Å². The fraction of sp³-hybridized carbons (Fsp3) is 0.517. The summed E-state index contributed by atoms with van der Waals surface area (Å²) < 4.78 is 56.6. The van der Waals surface area contributed by atoms with Crippen LogP contribution in [-0.4, -0.2) is 62.0 Å². The second-order valence-electron chi connectivity index (χ2n) is 11.8. The third-order valence-corrected chi connectivity index (χ3v) is 10.1. The van der Waals surface area contributed by atoms with Crippen molar-refractivity contribution in [2.24, 2.45) is 12.5 Å². The minimum absolute atomic E-state index is 0.0518. The lowest BCUT2D eigenvalue weighted by Gasteiger charge is -2.35. The molecule has 0 atom stereocenters. The van der Waals surface area contributed by atoms with Gasteiger partial charge in [0.25, 0.3) is 11.8 Å². The Labute approximate surface area is 238 Å². The number of piperidine rings is 2. The maximum Gasteiger partial charge on any atom is 0.257 e. The number of anilines is 4. The highest BCUT2D eigenvalue weighted by Gasteiger charge is 2.44. The van der Waals surface area contributed by atoms with Crippen molar-refractivity contribution in [3.63, 3.8) is 0 Å². The van der Waals surface area contributed by atoms with Crippen LogP contribution in [0.2, 0.25) is 0 Å². The maximum absolute atomic E-state index is 13.9. The van der Waals surface area contributed by atoms with Crippen LogP contribution in [0.1, 0.15) is 55.8 Å². The quantitative estimate of drug-likeness (QED) is 0.395. The number of alkyl halides is 2. The number of amides is 1. The summed E-state index contributed by atoms with van der Waals surface area (Å²) in [6.07, 6.45) is 6.01. The van der Waals surface area contributed by atoms with Gasteiger partial charge in [0.2, 0.25) is 10.0 Å². The molecule has 2 saturated heterocycles. The van der Waals surface area contributed by atoms with E-state index in [1.165, 1.54) is 12.8 Å². The summed E-state index contributed by atoms with van der Waals surface area (Å²) in [7, 11) is -1.68. The zero-order valence-electron chi connectivity index (χ0n) is 23.4. The second-order valence-corrected chi connectivity index (χ2v) is 13.8. The molecule has 220 valence electrons. The molecule has 1 spiro atoms. The molecule has 3 aliphatic rings. The van der Waals surface area contributed by atoms with Gasteiger partial charge in [-0.25, -0.2) is 17.2 Å². The van der Waals surface area contributed by atoms with Crippen molar-refractivity contribution in [1.29, 1.82) is 0 Å². The Bertz CT molecular complexity index is 1580. The molecule has 41 heavy (non-hydrogen) atoms. The number of rotatable bonds is 7. The molecular formula is C29H36F2N6O3S. The van der Waals surface area contributed by atoms with Gasteiger partial charge in [-0.3, -0.25) is 14.2 Å². The highest BCUT2D eigenvalue weighted by atomic mass is 32.2. The predicted octanol–water partition coefficient (Wildman–Crippen LogP) is 5.20. The summed E-state index contributed by atoms with van der Waals surface area (Å²) in [4.78, 5) is 17.9. The van der Waals surface area contributed by atoms with Crippen molar-refractivity contribution in [3.8, 4) is 0 Å². The fourth-order valence-corrected chi connectivity index (χ4v) is 6.66. The van der Waals surface area contributed by atoms with Crippen molar-refractivity contribution in [2.45, 2.75) is 51.4 Å². The number of carbonyl (C=O) groups is 1. The number of sulfonamides is 1. The lowest BCUT2D eigenvalue weighted by Crippen LogP contribution is -2.39. The zero-order valence-corrected chi connectivity index (χ0v) is 24.2. The van der Waals surface area contributed by atoms with E-state index in [-0.39, 0.29) is 37.6 Å². The smallest absolute Gasteiger partial charge is 0.257 e. The van der Waals surface area contributed by atoms with E-state index in [2.05, 4.69) is 20.0 Å². The number of fused-ring (bicyclic) bond motifs is 1. The van der Waals surface area contributed by atoms with Crippen molar-refractivity contribution in [2.75, 3.05) is 51.8 Å². The number of hydrogen-bond acceptors (Lipinski definition) is 6. The molecule has 1 saturated carbocycles. The van der Waals surface area contributed by atoms with Crippen LogP contribution < -0.4 is 19.8 Å². The molecule has 1 amide bonds. The molecule has 1 aromatic heterocycles. The highest BCUT2D eigenvalue weighted by molar-refractivity contribution is 7.92. The topological polar surface area (TPSA) is 99.6 Å². The van der Waals surface area contributed by atoms with Crippen LogP contribution in [0.4, 0.5) is 31.5 Å². The van der Waals surface area contributed by atoms with Crippen LogP contribution in [0.15, 0.2) is 36.5 Å². The summed E-state index contributed by atoms with van der Waals surface area (Å²) in [5.74, 6) is -3.05. The van der Waals surface area contributed by atoms with E-state index in [0.717, 1.165) is 37.0 Å². The first-order chi connectivity index (χ1) is 19.4. The molecule has 9 nitrogen and oxygen atoms in total. The number of nitrogens with zero attached hydrogens (tertiary/aromatic N) is 4. The van der Waals surface area contributed by atoms with E-state index in [1.807, 2.05) is 17.2 Å². The van der Waals surface area contributed by atoms with Crippen molar-refractivity contribution < 1.29 is 22.0 Å². The Morgan fingerprint density at radius 3 is 2.22 bits per heavy atom. The molecule has 3 heterocycles. The van der Waals surface area contributed by atoms with Gasteiger partial charge >= 0.3 is 0 Å². The first-order valence-electron chi connectivity index (χ1n) is 14.3. The molecular weight excluding hydrogens is 550 g/mol. The Kier molecular flexibility index (Phi) is 6.87. The number of halogens is 2. The minimum atomic E-state index is -3.48. The van der Waals surface area contributed by atoms with Gasteiger partial charge in [-0.15, -0.1) is 0 Å². The number of hydrogen-bond donors (Lipinski definition) is 2. The van der Waals surface area contributed by atoms with Gasteiger partial charge in [-0.1, -0.05) is 0 Å². The molecule has 2 aliphatic heterocycles. The molecule has 6 rings (SSSR count). The molecule has 0 bridgehead atoms. The SMILES string of the molecule is CCS(=O)(=O)Nc1ccc(C(=O)Nc2cc(N3CCC(F)(F)CC3)c3cn(C)nc3c2)c(N2CCC3(CC2)CC3)c1. The summed E-state index contributed by atoms with van der Waals surface area (Å²) >= 11 is 0. The van der Waals surface area contributed by atoms with Gasteiger partial charge in [0.15, 0.2) is 0 Å². The zero-order chi connectivity index (χ0) is 29.0. The predicted molar refractivity (Wildman–Crippen MR) is 158 cm³/mol. The monoisotopic (exact) mass is 586 g/mol. The Balaban J connectivity index is 1.31. The Morgan fingerprint density at radius 2 is 1.56 bits per heavy atom. The van der Waals surface area contributed by atoms with Crippen LogP contribution >= 0.6 is 0 Å². The van der Waals surface area contributed by atoms with Crippen LogP contribution in [0.25, 0.3) is 10.9 Å². The summed E-state index contributed by atoms with van der Waals surface area (Å²) in [5.41, 5.74) is 3.93. The molecule has 2 aromatic carbocycles. The number of aromatic nitrogens is 2. The van der Waals surface area contributed by atoms with Gasteiger partial charge in [-0.2, -0.15) is 5.10 Å². The highest BCUT2D eigenvalue weighted by Crippen LogP contribution is 2.54. The summed E-state index contributed by atoms with van der Waals surface area (Å²) in [6, 6.07) is 8.63. The average Bonchev–Trinajstić information content (AvgIpc) is 3.57. The lowest BCUT2D eigenvalue weighted by molar-refractivity contribution is -0.0220. The van der Waals surface area contributed by atoms with E-state index >= 15 is 0 Å². The molecule has 1 aliphatic carbocycles. The van der Waals surface area contributed by atoms with Crippen LogP contribution in [0, 0.1) is 5.41 Å². The Morgan fingerprint density at radius 1 is 0.927 bits per heavy atom. The fourth-order valence-electron chi connectivity index (χ4n) is 6.03. The molecule has 0 unspecified atom stereocenters. The summed E-state index contributed by atoms with van der Waals surface area (Å²) in [5, 5.41) is 8.37. The second kappa shape index (κ2) is 10.1. The first-order valence-corrected chi connectivity index (χ1v) is 15.9.